The number of hydrogen-bond donors (Lipinski definition) is 2. The van der Waals surface area contributed by atoms with Gasteiger partial charge in [-0.2, -0.15) is 11.8 Å². The van der Waals surface area contributed by atoms with Crippen LogP contribution in [0, 0.1) is 15.5 Å². The maximum absolute atomic E-state index is 12.1. The summed E-state index contributed by atoms with van der Waals surface area (Å²) in [5.41, 5.74) is 0.170. The van der Waals surface area contributed by atoms with Gasteiger partial charge in [-0.25, -0.2) is 4.79 Å². The molecular formula is C16H19N3O5S. The number of nitrogens with one attached hydrogen (secondary N) is 2. The molecule has 1 rings (SSSR count). The maximum atomic E-state index is 12.1. The van der Waals surface area contributed by atoms with Gasteiger partial charge in [0, 0.05) is 19.1 Å². The Labute approximate surface area is 149 Å². The van der Waals surface area contributed by atoms with Gasteiger partial charge in [0.1, 0.15) is 6.04 Å². The number of carbonyl (C=O) groups excluding carboxylic acids is 2. The van der Waals surface area contributed by atoms with Gasteiger partial charge in [-0.1, -0.05) is 12.1 Å². The number of hydrogen-bond acceptors (Lipinski definition) is 7. The summed E-state index contributed by atoms with van der Waals surface area (Å²) in [6, 6.07) is 5.17. The normalized spacial score (nSPS) is 11.8. The van der Waals surface area contributed by atoms with Gasteiger partial charge in [-0.3, -0.25) is 20.3 Å². The van der Waals surface area contributed by atoms with Gasteiger partial charge < -0.3 is 10.1 Å². The third-order valence-electron chi connectivity index (χ3n) is 3.03. The average Bonchev–Trinajstić information content (AvgIpc) is 2.56. The Morgan fingerprint density at radius 1 is 1.44 bits per heavy atom. The first-order chi connectivity index (χ1) is 11.8. The van der Waals surface area contributed by atoms with Crippen LogP contribution in [0.1, 0.15) is 18.9 Å². The second-order valence-corrected chi connectivity index (χ2v) is 5.95. The fraction of sp³-hybridized carbons (Fsp3) is 0.312. The van der Waals surface area contributed by atoms with Gasteiger partial charge in [-0.05, 0) is 30.6 Å². The number of para-hydroxylation sites is 1. The van der Waals surface area contributed by atoms with Crippen LogP contribution in [0.4, 0.5) is 5.69 Å². The number of rotatable bonds is 8. The van der Waals surface area contributed by atoms with E-state index in [1.54, 1.807) is 6.07 Å². The molecule has 1 aromatic carbocycles. The highest BCUT2D eigenvalue weighted by atomic mass is 32.2. The number of nitro groups is 1. The first-order valence-corrected chi connectivity index (χ1v) is 8.72. The molecule has 0 unspecified atom stereocenters. The molecule has 0 heterocycles. The molecule has 9 heteroatoms. The molecule has 0 radical (unpaired) electrons. The monoisotopic (exact) mass is 365 g/mol. The molecule has 0 fully saturated rings. The Kier molecular flexibility index (Phi) is 8.34. The summed E-state index contributed by atoms with van der Waals surface area (Å²) in [6.07, 6.45) is 4.72. The van der Waals surface area contributed by atoms with Crippen molar-refractivity contribution in [3.8, 4) is 0 Å². The quantitative estimate of drug-likeness (QED) is 0.240. The first-order valence-electron chi connectivity index (χ1n) is 7.33. The van der Waals surface area contributed by atoms with E-state index in [2.05, 4.69) is 5.32 Å². The molecule has 0 saturated carbocycles. The summed E-state index contributed by atoms with van der Waals surface area (Å²) < 4.78 is 4.90. The van der Waals surface area contributed by atoms with Crippen molar-refractivity contribution in [2.24, 2.45) is 0 Å². The minimum Gasteiger partial charge on any atom is -0.407 e. The van der Waals surface area contributed by atoms with Crippen LogP contribution in [-0.2, 0) is 14.3 Å². The van der Waals surface area contributed by atoms with E-state index in [1.165, 1.54) is 43.0 Å². The van der Waals surface area contributed by atoms with Crippen molar-refractivity contribution in [3.63, 3.8) is 0 Å². The molecule has 2 N–H and O–H groups in total. The molecule has 25 heavy (non-hydrogen) atoms. The maximum Gasteiger partial charge on any atom is 0.335 e. The lowest BCUT2D eigenvalue weighted by molar-refractivity contribution is -0.385. The van der Waals surface area contributed by atoms with E-state index in [1.807, 2.05) is 6.26 Å². The fourth-order valence-corrected chi connectivity index (χ4v) is 2.38. The van der Waals surface area contributed by atoms with E-state index < -0.39 is 22.8 Å². The van der Waals surface area contributed by atoms with Crippen LogP contribution in [0.25, 0.3) is 6.08 Å². The summed E-state index contributed by atoms with van der Waals surface area (Å²) in [5, 5.41) is 21.1. The minimum atomic E-state index is -0.843. The number of amides is 1. The molecule has 0 aliphatic carbocycles. The van der Waals surface area contributed by atoms with Crippen molar-refractivity contribution in [2.45, 2.75) is 19.4 Å². The highest BCUT2D eigenvalue weighted by Gasteiger charge is 2.21. The molecule has 0 aromatic heterocycles. The van der Waals surface area contributed by atoms with Gasteiger partial charge >= 0.3 is 5.97 Å². The van der Waals surface area contributed by atoms with Crippen molar-refractivity contribution in [2.75, 3.05) is 12.0 Å². The summed E-state index contributed by atoms with van der Waals surface area (Å²) in [5.74, 6) is -0.950. The molecule has 1 aromatic rings. The minimum absolute atomic E-state index is 0.117. The van der Waals surface area contributed by atoms with Crippen LogP contribution in [0.5, 0.6) is 0 Å². The Hall–Kier alpha value is -2.68. The highest BCUT2D eigenvalue weighted by Crippen LogP contribution is 2.19. The van der Waals surface area contributed by atoms with E-state index in [0.717, 1.165) is 6.08 Å². The summed E-state index contributed by atoms with van der Waals surface area (Å²) in [6.45, 7) is 1.29. The number of nitrogens with zero attached hydrogens (tertiary/aromatic N) is 1. The number of ether oxygens (including phenoxy) is 1. The van der Waals surface area contributed by atoms with Gasteiger partial charge in [0.25, 0.3) is 5.69 Å². The topological polar surface area (TPSA) is 122 Å². The zero-order valence-corrected chi connectivity index (χ0v) is 14.7. The lowest BCUT2D eigenvalue weighted by Crippen LogP contribution is -2.41. The van der Waals surface area contributed by atoms with Crippen molar-refractivity contribution in [1.29, 1.82) is 5.41 Å². The van der Waals surface area contributed by atoms with Crippen LogP contribution >= 0.6 is 11.8 Å². The third kappa shape index (κ3) is 7.17. The molecule has 1 amide bonds. The molecule has 0 aliphatic rings. The molecule has 8 nitrogen and oxygen atoms in total. The molecule has 0 aliphatic heterocycles. The van der Waals surface area contributed by atoms with Crippen LogP contribution in [0.15, 0.2) is 30.3 Å². The average molecular weight is 365 g/mol. The number of benzene rings is 1. The Morgan fingerprint density at radius 2 is 2.12 bits per heavy atom. The van der Waals surface area contributed by atoms with E-state index in [0.29, 0.717) is 12.2 Å². The van der Waals surface area contributed by atoms with E-state index in [4.69, 9.17) is 10.1 Å². The zero-order chi connectivity index (χ0) is 18.8. The van der Waals surface area contributed by atoms with Gasteiger partial charge in [0.2, 0.25) is 11.8 Å². The van der Waals surface area contributed by atoms with Crippen molar-refractivity contribution >= 4 is 41.3 Å². The van der Waals surface area contributed by atoms with Crippen LogP contribution in [0.2, 0.25) is 0 Å². The lowest BCUT2D eigenvalue weighted by Gasteiger charge is -2.15. The molecule has 1 atom stereocenters. The predicted molar refractivity (Wildman–Crippen MR) is 96.6 cm³/mol. The summed E-state index contributed by atoms with van der Waals surface area (Å²) in [4.78, 5) is 33.6. The number of esters is 1. The Balaban J connectivity index is 2.75. The zero-order valence-electron chi connectivity index (χ0n) is 13.9. The largest absolute Gasteiger partial charge is 0.407 e. The Morgan fingerprint density at radius 3 is 2.72 bits per heavy atom. The molecule has 134 valence electrons. The fourth-order valence-electron chi connectivity index (χ4n) is 1.90. The molecule has 0 spiro atoms. The number of thioether (sulfide) groups is 1. The van der Waals surface area contributed by atoms with E-state index in [9.17, 15) is 19.7 Å². The molecular weight excluding hydrogens is 346 g/mol. The smallest absolute Gasteiger partial charge is 0.335 e. The predicted octanol–water partition coefficient (Wildman–Crippen LogP) is 2.39. The van der Waals surface area contributed by atoms with Crippen molar-refractivity contribution in [3.05, 3.63) is 46.0 Å². The van der Waals surface area contributed by atoms with Crippen molar-refractivity contribution in [1.82, 2.24) is 5.32 Å². The summed E-state index contributed by atoms with van der Waals surface area (Å²) in [7, 11) is 0. The summed E-state index contributed by atoms with van der Waals surface area (Å²) >= 11 is 1.51. The van der Waals surface area contributed by atoms with E-state index in [-0.39, 0.29) is 17.2 Å². The van der Waals surface area contributed by atoms with Crippen molar-refractivity contribution < 1.29 is 19.2 Å². The van der Waals surface area contributed by atoms with Gasteiger partial charge in [-0.15, -0.1) is 0 Å². The van der Waals surface area contributed by atoms with E-state index >= 15 is 0 Å². The first kappa shape index (κ1) is 20.4. The second-order valence-electron chi connectivity index (χ2n) is 4.97. The standard InChI is InChI=1S/C16H19N3O5S/c1-11(20)18-13(9-10-25-2)16(21)24-15(17)8-7-12-5-3-4-6-14(12)19(22)23/h3-8,13,17H,9-10H2,1-2H3,(H,18,20)/b8-7+,17-15?/t13-/m0/s1. The van der Waals surface area contributed by atoms with Crippen LogP contribution in [-0.4, -0.2) is 40.7 Å². The number of nitro benzene ring substituents is 1. The number of carbonyl (C=O) groups is 2. The van der Waals surface area contributed by atoms with Crippen LogP contribution in [0.3, 0.4) is 0 Å². The third-order valence-corrected chi connectivity index (χ3v) is 3.67. The molecule has 0 saturated heterocycles. The SMILES string of the molecule is CSCC[C@H](NC(C)=O)C(=O)OC(=N)/C=C/c1ccccc1[N+](=O)[O-]. The van der Waals surface area contributed by atoms with Gasteiger partial charge in [0.05, 0.1) is 10.5 Å². The van der Waals surface area contributed by atoms with Crippen LogP contribution < -0.4 is 5.32 Å². The van der Waals surface area contributed by atoms with Gasteiger partial charge in [0.15, 0.2) is 0 Å². The Bertz CT molecular complexity index is 690. The highest BCUT2D eigenvalue weighted by molar-refractivity contribution is 7.98. The second kappa shape index (κ2) is 10.2. The lowest BCUT2D eigenvalue weighted by atomic mass is 10.1. The molecule has 0 bridgehead atoms.